The van der Waals surface area contributed by atoms with Gasteiger partial charge in [0.1, 0.15) is 0 Å². The average molecular weight is 232 g/mol. The number of nitrogens with one attached hydrogen (secondary N) is 1. The molecular formula is C9H20N4OS. The summed E-state index contributed by atoms with van der Waals surface area (Å²) in [6, 6.07) is 0. The third kappa shape index (κ3) is 7.07. The van der Waals surface area contributed by atoms with Crippen molar-refractivity contribution in [3.63, 3.8) is 0 Å². The number of carbonyl (C=O) groups excluding carboxylic acids is 1. The van der Waals surface area contributed by atoms with Gasteiger partial charge in [-0.15, -0.1) is 0 Å². The van der Waals surface area contributed by atoms with Crippen molar-refractivity contribution in [1.29, 1.82) is 0 Å². The van der Waals surface area contributed by atoms with E-state index in [1.807, 2.05) is 0 Å². The van der Waals surface area contributed by atoms with Crippen LogP contribution in [0.3, 0.4) is 0 Å². The van der Waals surface area contributed by atoms with Gasteiger partial charge in [0.2, 0.25) is 5.91 Å². The van der Waals surface area contributed by atoms with Crippen LogP contribution < -0.4 is 16.9 Å². The van der Waals surface area contributed by atoms with E-state index >= 15 is 0 Å². The van der Waals surface area contributed by atoms with E-state index in [1.54, 1.807) is 6.92 Å². The van der Waals surface area contributed by atoms with Gasteiger partial charge in [-0.2, -0.15) is 5.10 Å². The first-order valence-electron chi connectivity index (χ1n) is 5.09. The van der Waals surface area contributed by atoms with Crippen molar-refractivity contribution >= 4 is 22.8 Å². The molecule has 0 heterocycles. The smallest absolute Gasteiger partial charge is 0.233 e. The molecule has 0 aromatic carbocycles. The van der Waals surface area contributed by atoms with Crippen LogP contribution in [0.4, 0.5) is 0 Å². The van der Waals surface area contributed by atoms with Crippen LogP contribution in [0, 0.1) is 0 Å². The number of amides is 1. The Balaban J connectivity index is 3.70. The monoisotopic (exact) mass is 232 g/mol. The molecule has 88 valence electrons. The molecule has 1 amide bonds. The minimum absolute atomic E-state index is 0.0253. The van der Waals surface area contributed by atoms with Gasteiger partial charge < -0.3 is 16.9 Å². The van der Waals surface area contributed by atoms with E-state index in [0.29, 0.717) is 0 Å². The summed E-state index contributed by atoms with van der Waals surface area (Å²) < 4.78 is 0. The van der Waals surface area contributed by atoms with E-state index in [-0.39, 0.29) is 16.3 Å². The number of unbranched alkanes of at least 4 members (excludes halogenated alkanes) is 2. The Morgan fingerprint density at radius 1 is 1.53 bits per heavy atom. The highest BCUT2D eigenvalue weighted by Gasteiger charge is 2.14. The number of thioether (sulfide) groups is 1. The first-order chi connectivity index (χ1) is 7.11. The van der Waals surface area contributed by atoms with Crippen molar-refractivity contribution in [2.75, 3.05) is 6.54 Å². The van der Waals surface area contributed by atoms with Crippen molar-refractivity contribution in [3.05, 3.63) is 0 Å². The molecule has 0 aromatic rings. The van der Waals surface area contributed by atoms with E-state index in [9.17, 15) is 4.79 Å². The lowest BCUT2D eigenvalue weighted by Gasteiger charge is -2.10. The number of hydrazone groups is 1. The van der Waals surface area contributed by atoms with Crippen molar-refractivity contribution in [1.82, 2.24) is 5.32 Å². The number of rotatable bonds is 6. The van der Waals surface area contributed by atoms with Crippen LogP contribution in [-0.4, -0.2) is 22.9 Å². The molecule has 0 aliphatic carbocycles. The maximum atomic E-state index is 11.5. The fourth-order valence-corrected chi connectivity index (χ4v) is 1.61. The molecule has 15 heavy (non-hydrogen) atoms. The van der Waals surface area contributed by atoms with Crippen LogP contribution >= 0.6 is 11.8 Å². The molecule has 0 aromatic heterocycles. The molecule has 0 aliphatic heterocycles. The predicted molar refractivity (Wildman–Crippen MR) is 65.4 cm³/mol. The van der Waals surface area contributed by atoms with Crippen LogP contribution in [0.2, 0.25) is 0 Å². The van der Waals surface area contributed by atoms with Crippen LogP contribution in [0.15, 0.2) is 5.10 Å². The Hall–Kier alpha value is -0.910. The van der Waals surface area contributed by atoms with E-state index < -0.39 is 0 Å². The maximum absolute atomic E-state index is 11.5. The van der Waals surface area contributed by atoms with Gasteiger partial charge in [0.15, 0.2) is 5.17 Å². The number of nitrogens with zero attached hydrogens (tertiary/aromatic N) is 1. The summed E-state index contributed by atoms with van der Waals surface area (Å²) in [4.78, 5) is 11.5. The highest BCUT2D eigenvalue weighted by molar-refractivity contribution is 8.14. The van der Waals surface area contributed by atoms with Gasteiger partial charge in [-0.05, 0) is 13.3 Å². The standard InChI is InChI=1S/C9H20N4OS/c1-3-4-5-6-12-8(14)7(2)15-9(10)13-11/h7H,3-6,11H2,1-2H3,(H2,10,13)(H,12,14). The summed E-state index contributed by atoms with van der Waals surface area (Å²) in [5.41, 5.74) is 5.40. The van der Waals surface area contributed by atoms with Gasteiger partial charge >= 0.3 is 0 Å². The second-order valence-electron chi connectivity index (χ2n) is 3.23. The molecule has 5 N–H and O–H groups in total. The molecule has 0 fully saturated rings. The fraction of sp³-hybridized carbons (Fsp3) is 0.778. The summed E-state index contributed by atoms with van der Waals surface area (Å²) in [6.07, 6.45) is 3.29. The molecule has 0 aliphatic rings. The largest absolute Gasteiger partial charge is 0.377 e. The zero-order valence-electron chi connectivity index (χ0n) is 9.32. The molecule has 0 radical (unpaired) electrons. The lowest BCUT2D eigenvalue weighted by atomic mass is 10.2. The Kier molecular flexibility index (Phi) is 7.89. The van der Waals surface area contributed by atoms with E-state index in [1.165, 1.54) is 0 Å². The third-order valence-electron chi connectivity index (χ3n) is 1.87. The fourth-order valence-electron chi connectivity index (χ4n) is 0.995. The lowest BCUT2D eigenvalue weighted by molar-refractivity contribution is -0.120. The third-order valence-corrected chi connectivity index (χ3v) is 2.79. The highest BCUT2D eigenvalue weighted by Crippen LogP contribution is 2.09. The molecule has 1 atom stereocenters. The number of hydrogen-bond acceptors (Lipinski definition) is 4. The zero-order valence-corrected chi connectivity index (χ0v) is 10.1. The molecular weight excluding hydrogens is 212 g/mol. The van der Waals surface area contributed by atoms with Crippen molar-refractivity contribution in [2.24, 2.45) is 16.7 Å². The molecule has 5 nitrogen and oxygen atoms in total. The first-order valence-corrected chi connectivity index (χ1v) is 5.97. The van der Waals surface area contributed by atoms with Crippen LogP contribution in [0.5, 0.6) is 0 Å². The minimum atomic E-state index is -0.251. The molecule has 0 saturated carbocycles. The van der Waals surface area contributed by atoms with Gasteiger partial charge in [-0.3, -0.25) is 4.79 Å². The zero-order chi connectivity index (χ0) is 11.7. The summed E-state index contributed by atoms with van der Waals surface area (Å²) in [7, 11) is 0. The quantitative estimate of drug-likeness (QED) is 0.205. The Labute approximate surface area is 95.0 Å². The molecule has 6 heteroatoms. The topological polar surface area (TPSA) is 93.5 Å². The second-order valence-corrected chi connectivity index (χ2v) is 4.59. The van der Waals surface area contributed by atoms with Crippen molar-refractivity contribution in [3.8, 4) is 0 Å². The predicted octanol–water partition coefficient (Wildman–Crippen LogP) is 0.603. The Morgan fingerprint density at radius 3 is 2.73 bits per heavy atom. The van der Waals surface area contributed by atoms with Crippen LogP contribution in [-0.2, 0) is 4.79 Å². The van der Waals surface area contributed by atoms with Gasteiger partial charge in [0.25, 0.3) is 0 Å². The van der Waals surface area contributed by atoms with E-state index in [4.69, 9.17) is 11.6 Å². The Bertz CT molecular complexity index is 220. The van der Waals surface area contributed by atoms with Gasteiger partial charge in [0.05, 0.1) is 5.25 Å². The Morgan fingerprint density at radius 2 is 2.20 bits per heavy atom. The summed E-state index contributed by atoms with van der Waals surface area (Å²) in [6.45, 7) is 4.62. The summed E-state index contributed by atoms with van der Waals surface area (Å²) in [5, 5.41) is 6.11. The van der Waals surface area contributed by atoms with E-state index in [0.717, 1.165) is 37.6 Å². The number of carbonyl (C=O) groups is 1. The molecule has 0 spiro atoms. The highest BCUT2D eigenvalue weighted by atomic mass is 32.2. The average Bonchev–Trinajstić information content (AvgIpc) is 2.23. The van der Waals surface area contributed by atoms with Gasteiger partial charge in [0, 0.05) is 6.54 Å². The summed E-state index contributed by atoms with van der Waals surface area (Å²) in [5.74, 6) is 4.95. The maximum Gasteiger partial charge on any atom is 0.233 e. The van der Waals surface area contributed by atoms with E-state index in [2.05, 4.69) is 17.3 Å². The first kappa shape index (κ1) is 14.1. The SMILES string of the molecule is CCCCCNC(=O)C(C)SC(N)=NN. The van der Waals surface area contributed by atoms with Crippen LogP contribution in [0.25, 0.3) is 0 Å². The lowest BCUT2D eigenvalue weighted by Crippen LogP contribution is -2.33. The molecule has 0 saturated heterocycles. The van der Waals surface area contributed by atoms with Crippen molar-refractivity contribution in [2.45, 2.75) is 38.4 Å². The summed E-state index contributed by atoms with van der Waals surface area (Å²) >= 11 is 1.16. The number of amidine groups is 1. The molecule has 0 bridgehead atoms. The molecule has 0 rings (SSSR count). The van der Waals surface area contributed by atoms with Crippen LogP contribution in [0.1, 0.15) is 33.1 Å². The van der Waals surface area contributed by atoms with Gasteiger partial charge in [-0.25, -0.2) is 0 Å². The number of nitrogens with two attached hydrogens (primary N) is 2. The number of hydrogen-bond donors (Lipinski definition) is 3. The van der Waals surface area contributed by atoms with Crippen molar-refractivity contribution < 1.29 is 4.79 Å². The minimum Gasteiger partial charge on any atom is -0.377 e. The van der Waals surface area contributed by atoms with Gasteiger partial charge in [-0.1, -0.05) is 31.5 Å². The molecule has 1 unspecified atom stereocenters. The normalized spacial score (nSPS) is 13.6. The second kappa shape index (κ2) is 8.40.